The van der Waals surface area contributed by atoms with Crippen LogP contribution < -0.4 is 0 Å². The number of benzene rings is 1. The van der Waals surface area contributed by atoms with E-state index in [2.05, 4.69) is 52.3 Å². The number of rotatable bonds is 2. The van der Waals surface area contributed by atoms with Gasteiger partial charge >= 0.3 is 0 Å². The van der Waals surface area contributed by atoms with E-state index in [-0.39, 0.29) is 0 Å². The number of thiol groups is 1. The van der Waals surface area contributed by atoms with Gasteiger partial charge in [0.2, 0.25) is 0 Å². The minimum atomic E-state index is 0.905. The minimum Gasteiger partial charge on any atom is -0.143 e. The van der Waals surface area contributed by atoms with Crippen molar-refractivity contribution in [3.05, 3.63) is 23.1 Å². The van der Waals surface area contributed by atoms with Crippen molar-refractivity contribution < 1.29 is 0 Å². The number of hydrogen-bond acceptors (Lipinski definition) is 3. The Morgan fingerprint density at radius 3 is 3.00 bits per heavy atom. The molecule has 0 amide bonds. The summed E-state index contributed by atoms with van der Waals surface area (Å²) in [5, 5.41) is 4.36. The Morgan fingerprint density at radius 1 is 1.57 bits per heavy atom. The molecule has 0 unspecified atom stereocenters. The summed E-state index contributed by atoms with van der Waals surface area (Å²) in [6.45, 7) is 0. The van der Waals surface area contributed by atoms with Crippen molar-refractivity contribution in [1.29, 1.82) is 0 Å². The lowest BCUT2D eigenvalue weighted by atomic mass is 10.1. The van der Waals surface area contributed by atoms with Crippen LogP contribution in [0.2, 0.25) is 0 Å². The van der Waals surface area contributed by atoms with Gasteiger partial charge in [0.15, 0.2) is 0 Å². The van der Waals surface area contributed by atoms with Gasteiger partial charge in [-0.05, 0) is 34.7 Å². The molecule has 1 aromatic heterocycles. The topological polar surface area (TPSA) is 0 Å². The molecule has 0 fully saturated rings. The normalized spacial score (nSPS) is 11.1. The zero-order chi connectivity index (χ0) is 10.1. The van der Waals surface area contributed by atoms with E-state index in [1.165, 1.54) is 20.5 Å². The lowest BCUT2D eigenvalue weighted by Gasteiger charge is -2.06. The van der Waals surface area contributed by atoms with Crippen LogP contribution in [-0.4, -0.2) is 6.26 Å². The molecule has 1 aromatic carbocycles. The molecular formula is C10H9BrS3. The fourth-order valence-corrected chi connectivity index (χ4v) is 4.02. The number of thioether (sulfide) groups is 1. The van der Waals surface area contributed by atoms with E-state index in [1.54, 1.807) is 23.1 Å². The molecule has 0 radical (unpaired) electrons. The first-order valence-electron chi connectivity index (χ1n) is 4.10. The van der Waals surface area contributed by atoms with Gasteiger partial charge < -0.3 is 0 Å². The van der Waals surface area contributed by atoms with Crippen LogP contribution in [0, 0.1) is 0 Å². The van der Waals surface area contributed by atoms with Crippen molar-refractivity contribution in [2.75, 3.05) is 6.26 Å². The van der Waals surface area contributed by atoms with Crippen LogP contribution in [0.3, 0.4) is 0 Å². The molecule has 74 valence electrons. The van der Waals surface area contributed by atoms with Crippen LogP contribution in [0.5, 0.6) is 0 Å². The number of halogens is 1. The maximum absolute atomic E-state index is 4.57. The highest BCUT2D eigenvalue weighted by Gasteiger charge is 2.09. The van der Waals surface area contributed by atoms with Gasteiger partial charge in [-0.25, -0.2) is 0 Å². The molecule has 0 spiro atoms. The predicted octanol–water partition coefficient (Wildman–Crippen LogP) is 4.81. The van der Waals surface area contributed by atoms with E-state index in [0.29, 0.717) is 0 Å². The molecule has 0 aliphatic heterocycles. The monoisotopic (exact) mass is 304 g/mol. The first kappa shape index (κ1) is 10.9. The molecule has 0 atom stereocenters. The summed E-state index contributed by atoms with van der Waals surface area (Å²) < 4.78 is 1.30. The van der Waals surface area contributed by atoms with Crippen molar-refractivity contribution in [3.63, 3.8) is 0 Å². The zero-order valence-electron chi connectivity index (χ0n) is 7.58. The number of alkyl halides is 1. The van der Waals surface area contributed by atoms with Gasteiger partial charge in [-0.15, -0.1) is 35.7 Å². The van der Waals surface area contributed by atoms with E-state index < -0.39 is 0 Å². The summed E-state index contributed by atoms with van der Waals surface area (Å²) in [5.74, 6) is 0. The first-order chi connectivity index (χ1) is 6.77. The molecule has 0 nitrogen and oxygen atoms in total. The minimum absolute atomic E-state index is 0.905. The van der Waals surface area contributed by atoms with Crippen LogP contribution in [0.1, 0.15) is 5.56 Å². The largest absolute Gasteiger partial charge is 0.143 e. The van der Waals surface area contributed by atoms with E-state index in [4.69, 9.17) is 0 Å². The van der Waals surface area contributed by atoms with Crippen molar-refractivity contribution >= 4 is 61.7 Å². The summed E-state index contributed by atoms with van der Waals surface area (Å²) in [6, 6.07) is 4.39. The molecule has 0 bridgehead atoms. The van der Waals surface area contributed by atoms with Gasteiger partial charge in [-0.3, -0.25) is 0 Å². The van der Waals surface area contributed by atoms with Gasteiger partial charge in [0.1, 0.15) is 0 Å². The highest BCUT2D eigenvalue weighted by atomic mass is 79.9. The highest BCUT2D eigenvalue weighted by Crippen LogP contribution is 2.37. The van der Waals surface area contributed by atoms with Gasteiger partial charge in [-0.1, -0.05) is 15.9 Å². The Kier molecular flexibility index (Phi) is 3.47. The van der Waals surface area contributed by atoms with E-state index >= 15 is 0 Å². The summed E-state index contributed by atoms with van der Waals surface area (Å²) in [6.07, 6.45) is 2.09. The first-order valence-corrected chi connectivity index (χ1v) is 7.77. The summed E-state index contributed by atoms with van der Waals surface area (Å²) >= 11 is 11.6. The van der Waals surface area contributed by atoms with Gasteiger partial charge in [0.05, 0.1) is 0 Å². The molecule has 14 heavy (non-hydrogen) atoms. The molecule has 2 rings (SSSR count). The highest BCUT2D eigenvalue weighted by molar-refractivity contribution is 9.08. The lowest BCUT2D eigenvalue weighted by molar-refractivity contribution is 1.28. The molecule has 0 N–H and O–H groups in total. The van der Waals surface area contributed by atoms with Crippen LogP contribution >= 0.6 is 51.7 Å². The van der Waals surface area contributed by atoms with Crippen molar-refractivity contribution in [3.8, 4) is 0 Å². The molecule has 0 aliphatic carbocycles. The Labute approximate surface area is 106 Å². The standard InChI is InChI=1S/C10H9BrS3/c1-13-8-4-6(5-11)7-2-3-14-10(7)9(8)12/h2-4,12H,5H2,1H3. The van der Waals surface area contributed by atoms with Gasteiger partial charge in [-0.2, -0.15) is 0 Å². The van der Waals surface area contributed by atoms with Crippen molar-refractivity contribution in [1.82, 2.24) is 0 Å². The number of hydrogen-bond donors (Lipinski definition) is 1. The third kappa shape index (κ3) is 1.73. The van der Waals surface area contributed by atoms with E-state index in [0.717, 1.165) is 10.2 Å². The second kappa shape index (κ2) is 4.47. The maximum atomic E-state index is 4.57. The quantitative estimate of drug-likeness (QED) is 0.472. The molecule has 4 heteroatoms. The Morgan fingerprint density at radius 2 is 2.36 bits per heavy atom. The molecule has 0 aliphatic rings. The average molecular weight is 305 g/mol. The predicted molar refractivity (Wildman–Crippen MR) is 73.5 cm³/mol. The third-order valence-corrected chi connectivity index (χ3v) is 5.19. The molecule has 0 saturated heterocycles. The SMILES string of the molecule is CSc1cc(CBr)c2ccsc2c1S. The second-order valence-electron chi connectivity index (χ2n) is 2.88. The summed E-state index contributed by atoms with van der Waals surface area (Å²) in [7, 11) is 0. The smallest absolute Gasteiger partial charge is 0.0490 e. The zero-order valence-corrected chi connectivity index (χ0v) is 11.7. The number of thiophene rings is 1. The number of fused-ring (bicyclic) bond motifs is 1. The molecule has 0 saturated carbocycles. The fraction of sp³-hybridized carbons (Fsp3) is 0.200. The fourth-order valence-electron chi connectivity index (χ4n) is 1.43. The van der Waals surface area contributed by atoms with Crippen molar-refractivity contribution in [2.24, 2.45) is 0 Å². The molecule has 1 heterocycles. The van der Waals surface area contributed by atoms with E-state index in [1.807, 2.05) is 0 Å². The van der Waals surface area contributed by atoms with Gasteiger partial charge in [0, 0.05) is 19.8 Å². The van der Waals surface area contributed by atoms with Crippen molar-refractivity contribution in [2.45, 2.75) is 15.1 Å². The van der Waals surface area contributed by atoms with Gasteiger partial charge in [0.25, 0.3) is 0 Å². The van der Waals surface area contributed by atoms with E-state index in [9.17, 15) is 0 Å². The van der Waals surface area contributed by atoms with Crippen LogP contribution in [0.25, 0.3) is 10.1 Å². The molecular weight excluding hydrogens is 296 g/mol. The average Bonchev–Trinajstić information content (AvgIpc) is 2.68. The van der Waals surface area contributed by atoms with Crippen LogP contribution in [0.15, 0.2) is 27.3 Å². The Bertz CT molecular complexity index is 462. The Balaban J connectivity index is 2.80. The second-order valence-corrected chi connectivity index (χ2v) is 5.66. The summed E-state index contributed by atoms with van der Waals surface area (Å²) in [4.78, 5) is 2.38. The Hall–Kier alpha value is 0.360. The van der Waals surface area contributed by atoms with Crippen LogP contribution in [0.4, 0.5) is 0 Å². The van der Waals surface area contributed by atoms with Crippen LogP contribution in [-0.2, 0) is 5.33 Å². The summed E-state index contributed by atoms with van der Waals surface area (Å²) in [5.41, 5.74) is 1.35. The maximum Gasteiger partial charge on any atom is 0.0490 e. The third-order valence-electron chi connectivity index (χ3n) is 2.13. The molecule has 2 aromatic rings. The lowest BCUT2D eigenvalue weighted by Crippen LogP contribution is -1.83.